The first-order chi connectivity index (χ1) is 17.1. The summed E-state index contributed by atoms with van der Waals surface area (Å²) in [4.78, 5) is 18.0. The molecule has 10 nitrogen and oxygen atoms in total. The van der Waals surface area contributed by atoms with Gasteiger partial charge in [-0.15, -0.1) is 5.10 Å². The van der Waals surface area contributed by atoms with Gasteiger partial charge >= 0.3 is 0 Å². The summed E-state index contributed by atoms with van der Waals surface area (Å²) in [5, 5.41) is 11.4. The van der Waals surface area contributed by atoms with Gasteiger partial charge in [0.15, 0.2) is 0 Å². The number of nitrogens with zero attached hydrogens (tertiary/aromatic N) is 4. The molecule has 2 heterocycles. The van der Waals surface area contributed by atoms with Crippen LogP contribution in [-0.4, -0.2) is 34.2 Å². The fourth-order valence-corrected chi connectivity index (χ4v) is 8.20. The first-order valence-electron chi connectivity index (χ1n) is 12.0. The van der Waals surface area contributed by atoms with E-state index in [-0.39, 0.29) is 22.2 Å². The minimum Gasteiger partial charge on any atom is -0.337 e. The van der Waals surface area contributed by atoms with Crippen molar-refractivity contribution in [1.82, 2.24) is 19.9 Å². The van der Waals surface area contributed by atoms with Gasteiger partial charge in [-0.05, 0) is 104 Å². The van der Waals surface area contributed by atoms with Crippen LogP contribution in [0.3, 0.4) is 0 Å². The second kappa shape index (κ2) is 8.14. The number of hydrogen-bond donors (Lipinski definition) is 2. The van der Waals surface area contributed by atoms with E-state index in [1.54, 1.807) is 32.3 Å². The number of aromatic nitrogens is 4. The Kier molecular flexibility index (Phi) is 5.35. The average molecular weight is 575 g/mol. The lowest BCUT2D eigenvalue weighted by atomic mass is 9.46. The van der Waals surface area contributed by atoms with Crippen LogP contribution < -0.4 is 10.0 Å². The van der Waals surface area contributed by atoms with Gasteiger partial charge in [-0.1, -0.05) is 5.16 Å². The molecule has 1 aromatic carbocycles. The van der Waals surface area contributed by atoms with Crippen molar-refractivity contribution in [1.29, 1.82) is 0 Å². The van der Waals surface area contributed by atoms with Crippen LogP contribution in [0, 0.1) is 31.1 Å². The second-order valence-corrected chi connectivity index (χ2v) is 13.1. The van der Waals surface area contributed by atoms with Crippen LogP contribution in [0.25, 0.3) is 0 Å². The second-order valence-electron chi connectivity index (χ2n) is 10.7. The number of carbonyl (C=O) groups is 1. The van der Waals surface area contributed by atoms with E-state index in [1.165, 1.54) is 12.1 Å². The normalized spacial score (nSPS) is 28.9. The molecule has 7 rings (SSSR count). The van der Waals surface area contributed by atoms with Gasteiger partial charge in [0.2, 0.25) is 16.5 Å². The van der Waals surface area contributed by atoms with Gasteiger partial charge in [-0.25, -0.2) is 22.8 Å². The molecule has 2 aromatic heterocycles. The molecule has 2 N–H and O–H groups in total. The summed E-state index contributed by atoms with van der Waals surface area (Å²) >= 11 is 3.36. The SMILES string of the molecule is Cc1noc(NS(=O)(=O)c2ccc(NC(=O)C34C[C@H]5C[C@H](C3)CC(n3cnc(Br)n3)(C5)C4)cc2)c1C. The summed E-state index contributed by atoms with van der Waals surface area (Å²) in [7, 11) is -3.86. The Morgan fingerprint density at radius 2 is 1.83 bits per heavy atom. The Morgan fingerprint density at radius 1 is 1.14 bits per heavy atom. The number of nitrogens with one attached hydrogen (secondary N) is 2. The van der Waals surface area contributed by atoms with E-state index in [4.69, 9.17) is 4.52 Å². The maximum atomic E-state index is 13.7. The highest BCUT2D eigenvalue weighted by Gasteiger charge is 2.61. The van der Waals surface area contributed by atoms with E-state index in [0.717, 1.165) is 38.5 Å². The van der Waals surface area contributed by atoms with Crippen molar-refractivity contribution >= 4 is 43.4 Å². The van der Waals surface area contributed by atoms with Gasteiger partial charge < -0.3 is 9.84 Å². The van der Waals surface area contributed by atoms with Crippen molar-refractivity contribution in [3.8, 4) is 0 Å². The summed E-state index contributed by atoms with van der Waals surface area (Å²) in [5.74, 6) is 1.07. The zero-order chi connectivity index (χ0) is 25.3. The smallest absolute Gasteiger partial charge is 0.264 e. The summed E-state index contributed by atoms with van der Waals surface area (Å²) < 4.78 is 35.6. The highest BCUT2D eigenvalue weighted by atomic mass is 79.9. The maximum absolute atomic E-state index is 13.7. The number of amides is 1. The zero-order valence-electron chi connectivity index (χ0n) is 20.0. The summed E-state index contributed by atoms with van der Waals surface area (Å²) in [6.45, 7) is 3.48. The molecule has 4 aliphatic rings. The van der Waals surface area contributed by atoms with E-state index in [2.05, 4.69) is 41.2 Å². The Morgan fingerprint density at radius 3 is 2.42 bits per heavy atom. The van der Waals surface area contributed by atoms with Crippen LogP contribution in [0.1, 0.15) is 49.8 Å². The monoisotopic (exact) mass is 574 g/mol. The van der Waals surface area contributed by atoms with Crippen molar-refractivity contribution < 1.29 is 17.7 Å². The minimum atomic E-state index is -3.86. The summed E-state index contributed by atoms with van der Waals surface area (Å²) in [6, 6.07) is 6.20. The molecule has 1 amide bonds. The lowest BCUT2D eigenvalue weighted by molar-refractivity contribution is -0.150. The predicted octanol–water partition coefficient (Wildman–Crippen LogP) is 4.38. The predicted molar refractivity (Wildman–Crippen MR) is 135 cm³/mol. The molecule has 36 heavy (non-hydrogen) atoms. The summed E-state index contributed by atoms with van der Waals surface area (Å²) in [5.41, 5.74) is 1.18. The van der Waals surface area contributed by atoms with Gasteiger partial charge in [0.25, 0.3) is 10.0 Å². The number of halogens is 1. The number of anilines is 2. The largest absolute Gasteiger partial charge is 0.337 e. The third-order valence-corrected chi connectivity index (χ3v) is 9.98. The number of sulfonamides is 1. The van der Waals surface area contributed by atoms with E-state index in [9.17, 15) is 13.2 Å². The third kappa shape index (κ3) is 3.85. The fraction of sp³-hybridized carbons (Fsp3) is 0.500. The molecule has 4 bridgehead atoms. The van der Waals surface area contributed by atoms with E-state index >= 15 is 0 Å². The number of benzene rings is 1. The molecule has 0 unspecified atom stereocenters. The van der Waals surface area contributed by atoms with E-state index < -0.39 is 15.4 Å². The van der Waals surface area contributed by atoms with Gasteiger partial charge in [-0.3, -0.25) is 4.79 Å². The average Bonchev–Trinajstić information content (AvgIpc) is 3.40. The molecule has 12 heteroatoms. The van der Waals surface area contributed by atoms with Crippen LogP contribution in [0.5, 0.6) is 0 Å². The molecular formula is C24H27BrN6O4S. The molecule has 2 atom stereocenters. The molecule has 0 saturated heterocycles. The zero-order valence-corrected chi connectivity index (χ0v) is 22.4. The molecular weight excluding hydrogens is 548 g/mol. The van der Waals surface area contributed by atoms with Gasteiger partial charge in [0.1, 0.15) is 6.33 Å². The highest BCUT2D eigenvalue weighted by Crippen LogP contribution is 2.64. The highest BCUT2D eigenvalue weighted by molar-refractivity contribution is 9.10. The van der Waals surface area contributed by atoms with Crippen molar-refractivity contribution in [2.24, 2.45) is 17.3 Å². The fourth-order valence-electron chi connectivity index (χ4n) is 6.89. The van der Waals surface area contributed by atoms with Crippen LogP contribution in [0.15, 0.2) is 44.7 Å². The van der Waals surface area contributed by atoms with Gasteiger partial charge in [-0.2, -0.15) is 0 Å². The summed E-state index contributed by atoms with van der Waals surface area (Å²) in [6.07, 6.45) is 7.48. The van der Waals surface area contributed by atoms with Crippen LogP contribution in [-0.2, 0) is 20.4 Å². The first-order valence-corrected chi connectivity index (χ1v) is 14.3. The standard InChI is InChI=1S/C24H27BrN6O4S/c1-14-15(2)29-35-20(14)30-36(33,34)19-5-3-18(4-6-19)27-21(32)23-8-16-7-17(9-23)11-24(10-16,12-23)31-13-26-22(25)28-31/h3-6,13,16-17,30H,7-12H2,1-2H3,(H,27,32)/t16-,17-,23?,24?/m1/s1. The Hall–Kier alpha value is -2.73. The first kappa shape index (κ1) is 23.7. The quantitative estimate of drug-likeness (QED) is 0.446. The van der Waals surface area contributed by atoms with Crippen molar-refractivity contribution in [2.45, 2.75) is 62.8 Å². The van der Waals surface area contributed by atoms with Crippen LogP contribution in [0.4, 0.5) is 11.6 Å². The number of carbonyl (C=O) groups excluding carboxylic acids is 1. The lowest BCUT2D eigenvalue weighted by Gasteiger charge is -2.60. The molecule has 4 aliphatic carbocycles. The molecule has 4 saturated carbocycles. The van der Waals surface area contributed by atoms with E-state index in [1.807, 2.05) is 4.68 Å². The molecule has 0 radical (unpaired) electrons. The molecule has 3 aromatic rings. The number of rotatable bonds is 6. The van der Waals surface area contributed by atoms with Gasteiger partial charge in [0.05, 0.1) is 21.5 Å². The third-order valence-electron chi connectivity index (χ3n) is 8.27. The van der Waals surface area contributed by atoms with Crippen molar-refractivity contribution in [3.05, 3.63) is 46.6 Å². The van der Waals surface area contributed by atoms with Crippen LogP contribution in [0.2, 0.25) is 0 Å². The molecule has 0 aliphatic heterocycles. The van der Waals surface area contributed by atoms with Gasteiger partial charge in [0, 0.05) is 11.3 Å². The van der Waals surface area contributed by atoms with Crippen molar-refractivity contribution in [2.75, 3.05) is 10.0 Å². The molecule has 0 spiro atoms. The Bertz CT molecular complexity index is 1430. The minimum absolute atomic E-state index is 0.00153. The number of hydrogen-bond acceptors (Lipinski definition) is 7. The Labute approximate surface area is 217 Å². The van der Waals surface area contributed by atoms with Crippen molar-refractivity contribution in [3.63, 3.8) is 0 Å². The lowest BCUT2D eigenvalue weighted by Crippen LogP contribution is -2.60. The maximum Gasteiger partial charge on any atom is 0.264 e. The van der Waals surface area contributed by atoms with Crippen LogP contribution >= 0.6 is 15.9 Å². The number of aryl methyl sites for hydroxylation is 1. The van der Waals surface area contributed by atoms with E-state index in [0.29, 0.717) is 33.5 Å². The molecule has 4 fully saturated rings. The molecule has 190 valence electrons. The topological polar surface area (TPSA) is 132 Å². The Balaban J connectivity index is 1.20.